The number of aliphatic hydroxyl groups excluding tert-OH is 1. The minimum atomic E-state index is -1.17. The molecule has 0 radical (unpaired) electrons. The second-order valence-electron chi connectivity index (χ2n) is 3.90. The number of nitrogen functional groups attached to an aromatic ring is 1. The molecule has 0 aliphatic carbocycles. The van der Waals surface area contributed by atoms with Gasteiger partial charge in [-0.05, 0) is 26.0 Å². The molecule has 5 heteroatoms. The SMILES string of the molecule is Cc1ccc(N)c(NCC(C)(O)CO)n1. The summed E-state index contributed by atoms with van der Waals surface area (Å²) < 4.78 is 0. The zero-order valence-electron chi connectivity index (χ0n) is 8.99. The highest BCUT2D eigenvalue weighted by Crippen LogP contribution is 2.16. The first kappa shape index (κ1) is 11.7. The third-order valence-corrected chi connectivity index (χ3v) is 2.04. The van der Waals surface area contributed by atoms with E-state index in [1.807, 2.05) is 13.0 Å². The van der Waals surface area contributed by atoms with E-state index in [0.717, 1.165) is 5.69 Å². The number of hydrogen-bond donors (Lipinski definition) is 4. The molecule has 0 saturated carbocycles. The Balaban J connectivity index is 2.69. The summed E-state index contributed by atoms with van der Waals surface area (Å²) in [5.74, 6) is 0.531. The number of aryl methyl sites for hydroxylation is 1. The monoisotopic (exact) mass is 211 g/mol. The maximum atomic E-state index is 9.56. The van der Waals surface area contributed by atoms with Gasteiger partial charge >= 0.3 is 0 Å². The van der Waals surface area contributed by atoms with E-state index in [-0.39, 0.29) is 13.2 Å². The number of nitrogens with zero attached hydrogens (tertiary/aromatic N) is 1. The highest BCUT2D eigenvalue weighted by atomic mass is 16.3. The van der Waals surface area contributed by atoms with Crippen LogP contribution in [-0.2, 0) is 0 Å². The predicted molar refractivity (Wildman–Crippen MR) is 59.6 cm³/mol. The van der Waals surface area contributed by atoms with Crippen LogP contribution >= 0.6 is 0 Å². The summed E-state index contributed by atoms with van der Waals surface area (Å²) in [7, 11) is 0. The van der Waals surface area contributed by atoms with E-state index < -0.39 is 5.60 Å². The highest BCUT2D eigenvalue weighted by Gasteiger charge is 2.18. The molecule has 1 aromatic rings. The van der Waals surface area contributed by atoms with Gasteiger partial charge in [0.1, 0.15) is 11.4 Å². The van der Waals surface area contributed by atoms with Gasteiger partial charge in [0.15, 0.2) is 0 Å². The topological polar surface area (TPSA) is 91.4 Å². The largest absolute Gasteiger partial charge is 0.396 e. The Hall–Kier alpha value is -1.33. The summed E-state index contributed by atoms with van der Waals surface area (Å²) in [4.78, 5) is 4.18. The molecule has 0 saturated heterocycles. The van der Waals surface area contributed by atoms with Crippen molar-refractivity contribution in [3.8, 4) is 0 Å². The van der Waals surface area contributed by atoms with Crippen LogP contribution in [0, 0.1) is 6.92 Å². The van der Waals surface area contributed by atoms with Gasteiger partial charge in [-0.25, -0.2) is 4.98 Å². The first-order valence-corrected chi connectivity index (χ1v) is 4.75. The summed E-state index contributed by atoms with van der Waals surface area (Å²) in [6.45, 7) is 3.27. The normalized spacial score (nSPS) is 14.7. The third kappa shape index (κ3) is 3.38. The molecular formula is C10H17N3O2. The number of pyridine rings is 1. The van der Waals surface area contributed by atoms with Gasteiger partial charge in [-0.15, -0.1) is 0 Å². The minimum Gasteiger partial charge on any atom is -0.396 e. The lowest BCUT2D eigenvalue weighted by Gasteiger charge is -2.21. The molecule has 1 atom stereocenters. The predicted octanol–water partition coefficient (Wildman–Crippen LogP) is 0.127. The third-order valence-electron chi connectivity index (χ3n) is 2.04. The Morgan fingerprint density at radius 3 is 2.80 bits per heavy atom. The van der Waals surface area contributed by atoms with E-state index in [0.29, 0.717) is 11.5 Å². The first-order chi connectivity index (χ1) is 6.94. The summed E-state index contributed by atoms with van der Waals surface area (Å²) in [5, 5.41) is 21.3. The summed E-state index contributed by atoms with van der Waals surface area (Å²) in [5.41, 5.74) is 5.89. The van der Waals surface area contributed by atoms with Crippen molar-refractivity contribution < 1.29 is 10.2 Å². The molecule has 0 aromatic carbocycles. The fraction of sp³-hybridized carbons (Fsp3) is 0.500. The molecule has 0 aliphatic rings. The Kier molecular flexibility index (Phi) is 3.49. The average molecular weight is 211 g/mol. The molecule has 0 fully saturated rings. The molecule has 84 valence electrons. The molecule has 0 amide bonds. The highest BCUT2D eigenvalue weighted by molar-refractivity contribution is 5.61. The second kappa shape index (κ2) is 4.46. The molecule has 5 nitrogen and oxygen atoms in total. The van der Waals surface area contributed by atoms with Gasteiger partial charge in [-0.2, -0.15) is 0 Å². The fourth-order valence-electron chi connectivity index (χ4n) is 1.04. The van der Waals surface area contributed by atoms with Crippen LogP contribution in [0.1, 0.15) is 12.6 Å². The minimum absolute atomic E-state index is 0.199. The van der Waals surface area contributed by atoms with Crippen LogP contribution < -0.4 is 11.1 Å². The Morgan fingerprint density at radius 2 is 2.20 bits per heavy atom. The second-order valence-corrected chi connectivity index (χ2v) is 3.90. The maximum Gasteiger partial charge on any atom is 0.149 e. The van der Waals surface area contributed by atoms with Gasteiger partial charge < -0.3 is 21.3 Å². The average Bonchev–Trinajstić information content (AvgIpc) is 2.20. The Morgan fingerprint density at radius 1 is 1.53 bits per heavy atom. The number of rotatable bonds is 4. The molecule has 0 spiro atoms. The van der Waals surface area contributed by atoms with Gasteiger partial charge in [-0.1, -0.05) is 0 Å². The lowest BCUT2D eigenvalue weighted by Crippen LogP contribution is -2.37. The van der Waals surface area contributed by atoms with Crippen molar-refractivity contribution in [1.82, 2.24) is 4.98 Å². The fourth-order valence-corrected chi connectivity index (χ4v) is 1.04. The molecule has 0 aliphatic heterocycles. The van der Waals surface area contributed by atoms with Crippen LogP contribution in [0.2, 0.25) is 0 Å². The van der Waals surface area contributed by atoms with Gasteiger partial charge in [0, 0.05) is 12.2 Å². The first-order valence-electron chi connectivity index (χ1n) is 4.75. The van der Waals surface area contributed by atoms with Crippen molar-refractivity contribution >= 4 is 11.5 Å². The summed E-state index contributed by atoms with van der Waals surface area (Å²) in [6.07, 6.45) is 0. The van der Waals surface area contributed by atoms with Crippen molar-refractivity contribution in [2.24, 2.45) is 0 Å². The van der Waals surface area contributed by atoms with Crippen molar-refractivity contribution in [3.05, 3.63) is 17.8 Å². The van der Waals surface area contributed by atoms with Crippen LogP contribution in [0.15, 0.2) is 12.1 Å². The molecule has 0 bridgehead atoms. The van der Waals surface area contributed by atoms with E-state index >= 15 is 0 Å². The van der Waals surface area contributed by atoms with E-state index in [1.165, 1.54) is 6.92 Å². The molecule has 5 N–H and O–H groups in total. The Labute approximate surface area is 89.0 Å². The number of aromatic nitrogens is 1. The standard InChI is InChI=1S/C10H17N3O2/c1-7-3-4-8(11)9(13-7)12-5-10(2,15)6-14/h3-4,14-15H,5-6,11H2,1-2H3,(H,12,13). The van der Waals surface area contributed by atoms with E-state index in [9.17, 15) is 5.11 Å². The van der Waals surface area contributed by atoms with Crippen LogP contribution in [0.3, 0.4) is 0 Å². The molecule has 1 unspecified atom stereocenters. The molecule has 1 heterocycles. The van der Waals surface area contributed by atoms with Crippen molar-refractivity contribution in [3.63, 3.8) is 0 Å². The zero-order chi connectivity index (χ0) is 11.5. The summed E-state index contributed by atoms with van der Waals surface area (Å²) >= 11 is 0. The quantitative estimate of drug-likeness (QED) is 0.568. The number of hydrogen-bond acceptors (Lipinski definition) is 5. The van der Waals surface area contributed by atoms with E-state index in [1.54, 1.807) is 6.07 Å². The van der Waals surface area contributed by atoms with E-state index in [2.05, 4.69) is 10.3 Å². The van der Waals surface area contributed by atoms with Crippen LogP contribution in [0.4, 0.5) is 11.5 Å². The lowest BCUT2D eigenvalue weighted by atomic mass is 10.1. The maximum absolute atomic E-state index is 9.56. The van der Waals surface area contributed by atoms with Gasteiger partial charge in [0.2, 0.25) is 0 Å². The van der Waals surface area contributed by atoms with Crippen LogP contribution in [-0.4, -0.2) is 33.9 Å². The number of nitrogens with one attached hydrogen (secondary N) is 1. The lowest BCUT2D eigenvalue weighted by molar-refractivity contribution is 0.0132. The Bertz CT molecular complexity index is 339. The van der Waals surface area contributed by atoms with Gasteiger partial charge in [-0.3, -0.25) is 0 Å². The number of aliphatic hydroxyl groups is 2. The smallest absolute Gasteiger partial charge is 0.149 e. The van der Waals surface area contributed by atoms with Gasteiger partial charge in [0.05, 0.1) is 12.3 Å². The van der Waals surface area contributed by atoms with Crippen molar-refractivity contribution in [2.75, 3.05) is 24.2 Å². The van der Waals surface area contributed by atoms with Crippen LogP contribution in [0.5, 0.6) is 0 Å². The molecule has 1 rings (SSSR count). The van der Waals surface area contributed by atoms with Crippen LogP contribution in [0.25, 0.3) is 0 Å². The number of anilines is 2. The van der Waals surface area contributed by atoms with Crippen molar-refractivity contribution in [2.45, 2.75) is 19.4 Å². The molecule has 15 heavy (non-hydrogen) atoms. The van der Waals surface area contributed by atoms with Gasteiger partial charge in [0.25, 0.3) is 0 Å². The van der Waals surface area contributed by atoms with Crippen molar-refractivity contribution in [1.29, 1.82) is 0 Å². The number of nitrogens with two attached hydrogens (primary N) is 1. The van der Waals surface area contributed by atoms with E-state index in [4.69, 9.17) is 10.8 Å². The zero-order valence-corrected chi connectivity index (χ0v) is 8.99. The molecule has 1 aromatic heterocycles. The molecular weight excluding hydrogens is 194 g/mol. The summed E-state index contributed by atoms with van der Waals surface area (Å²) in [6, 6.07) is 3.56.